The molecule has 1 saturated carbocycles. The van der Waals surface area contributed by atoms with Gasteiger partial charge in [0.2, 0.25) is 5.96 Å². The van der Waals surface area contributed by atoms with Crippen LogP contribution >= 0.6 is 0 Å². The van der Waals surface area contributed by atoms with Crippen molar-refractivity contribution in [2.45, 2.75) is 91.9 Å². The van der Waals surface area contributed by atoms with Crippen LogP contribution in [0.1, 0.15) is 66.0 Å². The van der Waals surface area contributed by atoms with Gasteiger partial charge in [-0.25, -0.2) is 9.98 Å². The fraction of sp³-hybridized carbons (Fsp3) is 0.600. The number of nitrogens with zero attached hydrogens (tertiary/aromatic N) is 3. The number of guanidine groups is 1. The summed E-state index contributed by atoms with van der Waals surface area (Å²) in [4.78, 5) is 12.1. The molecular formula is C30H45N5. The second kappa shape index (κ2) is 10.4. The molecule has 2 aliphatic carbocycles. The second-order valence-electron chi connectivity index (χ2n) is 11.3. The minimum atomic E-state index is -0.170. The van der Waals surface area contributed by atoms with Gasteiger partial charge in [0.15, 0.2) is 0 Å². The molecule has 1 heterocycles. The highest BCUT2D eigenvalue weighted by molar-refractivity contribution is 6.10. The summed E-state index contributed by atoms with van der Waals surface area (Å²) in [6, 6.07) is 1.04. The van der Waals surface area contributed by atoms with Crippen molar-refractivity contribution in [3.8, 4) is 0 Å². The van der Waals surface area contributed by atoms with E-state index in [4.69, 9.17) is 9.98 Å². The summed E-state index contributed by atoms with van der Waals surface area (Å²) in [7, 11) is 4.20. The molecule has 4 rings (SSSR count). The summed E-state index contributed by atoms with van der Waals surface area (Å²) in [5, 5.41) is 7.54. The zero-order chi connectivity index (χ0) is 25.3. The molecule has 0 aromatic heterocycles. The van der Waals surface area contributed by atoms with Crippen molar-refractivity contribution in [3.05, 3.63) is 57.7 Å². The predicted octanol–water partition coefficient (Wildman–Crippen LogP) is 5.09. The van der Waals surface area contributed by atoms with Gasteiger partial charge in [-0.2, -0.15) is 0 Å². The third kappa shape index (κ3) is 5.17. The highest BCUT2D eigenvalue weighted by Gasteiger charge is 2.41. The van der Waals surface area contributed by atoms with Crippen LogP contribution in [0.5, 0.6) is 0 Å². The summed E-state index contributed by atoms with van der Waals surface area (Å²) in [5.41, 5.74) is 9.79. The van der Waals surface area contributed by atoms with Crippen molar-refractivity contribution in [2.75, 3.05) is 20.6 Å². The van der Waals surface area contributed by atoms with E-state index >= 15 is 0 Å². The average Bonchev–Trinajstić information content (AvgIpc) is 2.84. The Kier molecular flexibility index (Phi) is 7.68. The minimum Gasteiger partial charge on any atom is -0.352 e. The largest absolute Gasteiger partial charge is 0.352 e. The molecule has 35 heavy (non-hydrogen) atoms. The number of nitrogens with one attached hydrogen (secondary N) is 2. The fourth-order valence-corrected chi connectivity index (χ4v) is 6.14. The number of aliphatic imine (C=N–C) groups is 2. The molecule has 2 atom stereocenters. The van der Waals surface area contributed by atoms with Gasteiger partial charge >= 0.3 is 0 Å². The van der Waals surface area contributed by atoms with Crippen molar-refractivity contribution in [3.63, 3.8) is 0 Å². The lowest BCUT2D eigenvalue weighted by Gasteiger charge is -2.41. The Morgan fingerprint density at radius 1 is 0.886 bits per heavy atom. The molecule has 190 valence electrons. The Balaban J connectivity index is 1.30. The molecule has 0 amide bonds. The van der Waals surface area contributed by atoms with Crippen LogP contribution in [-0.2, 0) is 6.42 Å². The molecule has 1 aromatic rings. The van der Waals surface area contributed by atoms with Gasteiger partial charge in [0.05, 0.1) is 11.1 Å². The number of hydrogen-bond donors (Lipinski definition) is 2. The fourth-order valence-electron chi connectivity index (χ4n) is 6.14. The molecule has 3 aliphatic rings. The molecule has 0 spiro atoms. The van der Waals surface area contributed by atoms with E-state index < -0.39 is 0 Å². The highest BCUT2D eigenvalue weighted by atomic mass is 15.3. The number of benzene rings is 1. The monoisotopic (exact) mass is 475 g/mol. The van der Waals surface area contributed by atoms with Gasteiger partial charge in [0.25, 0.3) is 0 Å². The maximum absolute atomic E-state index is 5.01. The van der Waals surface area contributed by atoms with Gasteiger partial charge < -0.3 is 10.6 Å². The van der Waals surface area contributed by atoms with Crippen LogP contribution in [0.3, 0.4) is 0 Å². The summed E-state index contributed by atoms with van der Waals surface area (Å²) < 4.78 is 0. The molecule has 1 aromatic carbocycles. The van der Waals surface area contributed by atoms with Gasteiger partial charge in [-0.3, -0.25) is 4.90 Å². The molecule has 0 radical (unpaired) electrons. The number of rotatable bonds is 6. The lowest BCUT2D eigenvalue weighted by molar-refractivity contribution is 0.217. The lowest BCUT2D eigenvalue weighted by atomic mass is 9.77. The van der Waals surface area contributed by atoms with E-state index in [1.54, 1.807) is 0 Å². The van der Waals surface area contributed by atoms with E-state index in [1.165, 1.54) is 46.2 Å². The van der Waals surface area contributed by atoms with Crippen LogP contribution < -0.4 is 10.6 Å². The summed E-state index contributed by atoms with van der Waals surface area (Å²) in [6.45, 7) is 14.7. The average molecular weight is 476 g/mol. The van der Waals surface area contributed by atoms with Gasteiger partial charge in [-0.15, -0.1) is 0 Å². The van der Waals surface area contributed by atoms with E-state index in [0.717, 1.165) is 37.5 Å². The van der Waals surface area contributed by atoms with E-state index in [-0.39, 0.29) is 11.6 Å². The van der Waals surface area contributed by atoms with E-state index in [2.05, 4.69) is 95.5 Å². The SMILES string of the molecule is Cc1c(C)c(C)c(CCNC2CCC(NC3=NC(N(C)C)C4(C)C=CC=CC4=N3)CC2)c(C)c1C. The topological polar surface area (TPSA) is 52.0 Å². The van der Waals surface area contributed by atoms with Crippen LogP contribution in [0.15, 0.2) is 34.3 Å². The smallest absolute Gasteiger partial charge is 0.220 e. The van der Waals surface area contributed by atoms with Crippen molar-refractivity contribution in [1.29, 1.82) is 0 Å². The molecule has 2 N–H and O–H groups in total. The van der Waals surface area contributed by atoms with Gasteiger partial charge in [0, 0.05) is 12.1 Å². The first kappa shape index (κ1) is 25.8. The Morgan fingerprint density at radius 2 is 1.49 bits per heavy atom. The summed E-state index contributed by atoms with van der Waals surface area (Å²) >= 11 is 0. The normalized spacial score (nSPS) is 28.1. The molecule has 0 saturated heterocycles. The summed E-state index contributed by atoms with van der Waals surface area (Å²) in [6.07, 6.45) is 14.4. The molecular weight excluding hydrogens is 430 g/mol. The molecule has 0 bridgehead atoms. The Morgan fingerprint density at radius 3 is 2.11 bits per heavy atom. The standard InChI is InChI=1S/C30H45N5/c1-19-20(2)22(4)26(23(5)21(19)3)16-18-31-24-12-14-25(15-13-24)32-29-33-27-11-9-10-17-30(27,6)28(34-29)35(7)8/h9-11,17,24-25,28,31H,12-16,18H2,1-8H3,(H,32,34). The zero-order valence-electron chi connectivity index (χ0n) is 23.1. The van der Waals surface area contributed by atoms with Crippen molar-refractivity contribution >= 4 is 11.7 Å². The minimum absolute atomic E-state index is 0.0534. The number of allylic oxidation sites excluding steroid dienone is 3. The molecule has 1 fully saturated rings. The third-order valence-electron chi connectivity index (χ3n) is 8.88. The molecule has 2 unspecified atom stereocenters. The van der Waals surface area contributed by atoms with E-state index in [1.807, 2.05) is 0 Å². The third-order valence-corrected chi connectivity index (χ3v) is 8.88. The maximum Gasteiger partial charge on any atom is 0.220 e. The predicted molar refractivity (Wildman–Crippen MR) is 150 cm³/mol. The highest BCUT2D eigenvalue weighted by Crippen LogP contribution is 2.35. The second-order valence-corrected chi connectivity index (χ2v) is 11.3. The number of hydrogen-bond acceptors (Lipinski definition) is 5. The zero-order valence-corrected chi connectivity index (χ0v) is 23.1. The molecule has 5 nitrogen and oxygen atoms in total. The Labute approximate surface area is 212 Å². The summed E-state index contributed by atoms with van der Waals surface area (Å²) in [5.74, 6) is 0.795. The first-order valence-corrected chi connectivity index (χ1v) is 13.4. The van der Waals surface area contributed by atoms with Crippen LogP contribution in [0.4, 0.5) is 0 Å². The Hall–Kier alpha value is -2.24. The van der Waals surface area contributed by atoms with Crippen LogP contribution in [0.25, 0.3) is 0 Å². The van der Waals surface area contributed by atoms with E-state index in [9.17, 15) is 0 Å². The number of fused-ring (bicyclic) bond motifs is 1. The molecule has 1 aliphatic heterocycles. The first-order chi connectivity index (χ1) is 16.6. The lowest BCUT2D eigenvalue weighted by Crippen LogP contribution is -2.51. The van der Waals surface area contributed by atoms with Crippen molar-refractivity contribution in [2.24, 2.45) is 15.4 Å². The molecule has 5 heteroatoms. The van der Waals surface area contributed by atoms with Crippen LogP contribution in [0, 0.1) is 40.0 Å². The maximum atomic E-state index is 5.01. The Bertz CT molecular complexity index is 1040. The van der Waals surface area contributed by atoms with Crippen LogP contribution in [-0.4, -0.2) is 55.5 Å². The van der Waals surface area contributed by atoms with Gasteiger partial charge in [-0.1, -0.05) is 18.2 Å². The van der Waals surface area contributed by atoms with Gasteiger partial charge in [0.1, 0.15) is 6.17 Å². The van der Waals surface area contributed by atoms with Crippen molar-refractivity contribution < 1.29 is 0 Å². The first-order valence-electron chi connectivity index (χ1n) is 13.4. The van der Waals surface area contributed by atoms with Crippen LogP contribution in [0.2, 0.25) is 0 Å². The van der Waals surface area contributed by atoms with E-state index in [0.29, 0.717) is 12.1 Å². The quantitative estimate of drug-likeness (QED) is 0.602. The van der Waals surface area contributed by atoms with Crippen molar-refractivity contribution in [1.82, 2.24) is 15.5 Å². The van der Waals surface area contributed by atoms with Gasteiger partial charge in [-0.05, 0) is 134 Å².